The summed E-state index contributed by atoms with van der Waals surface area (Å²) in [4.78, 5) is 0. The van der Waals surface area contributed by atoms with Crippen molar-refractivity contribution in [1.82, 2.24) is 15.1 Å². The highest BCUT2D eigenvalue weighted by molar-refractivity contribution is 5.04. The van der Waals surface area contributed by atoms with Crippen molar-refractivity contribution in [1.29, 1.82) is 0 Å². The quantitative estimate of drug-likeness (QED) is 0.859. The fourth-order valence-electron chi connectivity index (χ4n) is 2.48. The van der Waals surface area contributed by atoms with Gasteiger partial charge in [0.15, 0.2) is 0 Å². The molecule has 1 fully saturated rings. The molecule has 1 saturated carbocycles. The van der Waals surface area contributed by atoms with E-state index < -0.39 is 0 Å². The molecule has 0 saturated heterocycles. The molecule has 2 N–H and O–H groups in total. The van der Waals surface area contributed by atoms with Crippen molar-refractivity contribution >= 4 is 0 Å². The van der Waals surface area contributed by atoms with Crippen molar-refractivity contribution in [2.24, 2.45) is 5.92 Å². The maximum atomic E-state index is 9.74. The summed E-state index contributed by atoms with van der Waals surface area (Å²) in [6.07, 6.45) is 7.19. The van der Waals surface area contributed by atoms with Crippen LogP contribution in [0, 0.1) is 5.92 Å². The summed E-state index contributed by atoms with van der Waals surface area (Å²) in [6, 6.07) is 0. The minimum absolute atomic E-state index is 0.0416. The first-order chi connectivity index (χ1) is 8.47. The number of aliphatic hydroxyl groups is 1. The molecule has 2 unspecified atom stereocenters. The molecule has 102 valence electrons. The Hall–Kier alpha value is -0.870. The Morgan fingerprint density at radius 1 is 1.44 bits per heavy atom. The van der Waals surface area contributed by atoms with Gasteiger partial charge < -0.3 is 10.4 Å². The molecule has 1 aliphatic carbocycles. The second-order valence-electron chi connectivity index (χ2n) is 6.35. The Morgan fingerprint density at radius 3 is 2.78 bits per heavy atom. The summed E-state index contributed by atoms with van der Waals surface area (Å²) in [5.41, 5.74) is 1.25. The zero-order chi connectivity index (χ0) is 13.2. The molecular formula is C14H25N3O. The van der Waals surface area contributed by atoms with Crippen molar-refractivity contribution in [3.63, 3.8) is 0 Å². The third-order valence-electron chi connectivity index (χ3n) is 3.68. The minimum Gasteiger partial charge on any atom is -0.393 e. The molecule has 0 amide bonds. The second-order valence-corrected chi connectivity index (χ2v) is 6.35. The summed E-state index contributed by atoms with van der Waals surface area (Å²) in [7, 11) is 0. The second kappa shape index (κ2) is 5.41. The molecule has 1 aromatic rings. The smallest absolute Gasteiger partial charge is 0.0580 e. The molecular weight excluding hydrogens is 226 g/mol. The third-order valence-corrected chi connectivity index (χ3v) is 3.68. The van der Waals surface area contributed by atoms with E-state index in [-0.39, 0.29) is 11.6 Å². The molecule has 2 rings (SSSR count). The molecule has 0 spiro atoms. The Bertz CT molecular complexity index is 381. The Kier molecular flexibility index (Phi) is 4.07. The maximum Gasteiger partial charge on any atom is 0.0580 e. The van der Waals surface area contributed by atoms with Gasteiger partial charge >= 0.3 is 0 Å². The van der Waals surface area contributed by atoms with E-state index in [2.05, 4.69) is 37.4 Å². The molecule has 4 nitrogen and oxygen atoms in total. The van der Waals surface area contributed by atoms with Crippen molar-refractivity contribution in [3.05, 3.63) is 18.0 Å². The number of hydrogen-bond donors (Lipinski definition) is 2. The normalized spacial score (nSPS) is 24.7. The Balaban J connectivity index is 1.78. The molecule has 1 aliphatic rings. The highest BCUT2D eigenvalue weighted by atomic mass is 16.3. The van der Waals surface area contributed by atoms with E-state index in [4.69, 9.17) is 0 Å². The van der Waals surface area contributed by atoms with E-state index in [0.717, 1.165) is 32.4 Å². The van der Waals surface area contributed by atoms with Gasteiger partial charge in [-0.25, -0.2) is 0 Å². The van der Waals surface area contributed by atoms with E-state index in [0.29, 0.717) is 5.92 Å². The van der Waals surface area contributed by atoms with Crippen LogP contribution >= 0.6 is 0 Å². The summed E-state index contributed by atoms with van der Waals surface area (Å²) in [5.74, 6) is 0.433. The first-order valence-corrected chi connectivity index (χ1v) is 6.89. The van der Waals surface area contributed by atoms with Crippen LogP contribution in [0.4, 0.5) is 0 Å². The van der Waals surface area contributed by atoms with Gasteiger partial charge in [-0.3, -0.25) is 4.68 Å². The highest BCUT2D eigenvalue weighted by Gasteiger charge is 2.24. The number of rotatable bonds is 4. The van der Waals surface area contributed by atoms with Crippen LogP contribution in [0.25, 0.3) is 0 Å². The number of aliphatic hydroxyl groups excluding tert-OH is 1. The number of hydrogen-bond acceptors (Lipinski definition) is 3. The third kappa shape index (κ3) is 3.33. The Morgan fingerprint density at radius 2 is 2.22 bits per heavy atom. The molecule has 0 radical (unpaired) electrons. The van der Waals surface area contributed by atoms with Gasteiger partial charge in [0.05, 0.1) is 17.8 Å². The lowest BCUT2D eigenvalue weighted by Gasteiger charge is -2.18. The van der Waals surface area contributed by atoms with Crippen LogP contribution in [0.15, 0.2) is 12.4 Å². The lowest BCUT2D eigenvalue weighted by molar-refractivity contribution is 0.131. The zero-order valence-corrected chi connectivity index (χ0v) is 11.7. The topological polar surface area (TPSA) is 50.1 Å². The number of nitrogens with one attached hydrogen (secondary N) is 1. The van der Waals surface area contributed by atoms with Gasteiger partial charge in [0.2, 0.25) is 0 Å². The first kappa shape index (κ1) is 13.6. The summed E-state index contributed by atoms with van der Waals surface area (Å²) in [6.45, 7) is 8.17. The zero-order valence-electron chi connectivity index (χ0n) is 11.7. The lowest BCUT2D eigenvalue weighted by atomic mass is 10.1. The van der Waals surface area contributed by atoms with Crippen LogP contribution < -0.4 is 5.32 Å². The van der Waals surface area contributed by atoms with Gasteiger partial charge in [0.1, 0.15) is 0 Å². The van der Waals surface area contributed by atoms with E-state index in [9.17, 15) is 5.11 Å². The average molecular weight is 251 g/mol. The minimum atomic E-state index is -0.102. The van der Waals surface area contributed by atoms with Crippen molar-refractivity contribution in [2.45, 2.75) is 58.2 Å². The fraction of sp³-hybridized carbons (Fsp3) is 0.786. The molecule has 1 heterocycles. The average Bonchev–Trinajstić information content (AvgIpc) is 2.88. The van der Waals surface area contributed by atoms with Crippen molar-refractivity contribution in [3.8, 4) is 0 Å². The van der Waals surface area contributed by atoms with Crippen molar-refractivity contribution < 1.29 is 5.11 Å². The van der Waals surface area contributed by atoms with Gasteiger partial charge in [-0.2, -0.15) is 5.10 Å². The molecule has 0 aliphatic heterocycles. The van der Waals surface area contributed by atoms with E-state index in [1.165, 1.54) is 5.56 Å². The monoisotopic (exact) mass is 251 g/mol. The van der Waals surface area contributed by atoms with Crippen LogP contribution in [0.1, 0.15) is 45.6 Å². The van der Waals surface area contributed by atoms with Crippen LogP contribution in [0.3, 0.4) is 0 Å². The molecule has 0 bridgehead atoms. The van der Waals surface area contributed by atoms with E-state index in [1.54, 1.807) is 0 Å². The molecule has 1 aromatic heterocycles. The number of nitrogens with zero attached hydrogens (tertiary/aromatic N) is 2. The van der Waals surface area contributed by atoms with Crippen molar-refractivity contribution in [2.75, 3.05) is 6.54 Å². The lowest BCUT2D eigenvalue weighted by Crippen LogP contribution is -2.27. The summed E-state index contributed by atoms with van der Waals surface area (Å²) in [5, 5.41) is 17.5. The van der Waals surface area contributed by atoms with E-state index >= 15 is 0 Å². The summed E-state index contributed by atoms with van der Waals surface area (Å²) < 4.78 is 1.99. The SMILES string of the molecule is CC(C)(C)n1cc(CNCC2CCCC2O)cn1. The van der Waals surface area contributed by atoms with Gasteiger partial charge in [-0.1, -0.05) is 6.42 Å². The predicted molar refractivity (Wildman–Crippen MR) is 72.3 cm³/mol. The van der Waals surface area contributed by atoms with Gasteiger partial charge in [0, 0.05) is 24.8 Å². The molecule has 18 heavy (non-hydrogen) atoms. The van der Waals surface area contributed by atoms with Gasteiger partial charge in [-0.05, 0) is 39.5 Å². The van der Waals surface area contributed by atoms with E-state index in [1.807, 2.05) is 10.9 Å². The molecule has 2 atom stereocenters. The first-order valence-electron chi connectivity index (χ1n) is 6.89. The largest absolute Gasteiger partial charge is 0.393 e. The predicted octanol–water partition coefficient (Wildman–Crippen LogP) is 1.89. The van der Waals surface area contributed by atoms with Crippen LogP contribution in [-0.2, 0) is 12.1 Å². The number of aromatic nitrogens is 2. The molecule has 0 aromatic carbocycles. The fourth-order valence-corrected chi connectivity index (χ4v) is 2.48. The van der Waals surface area contributed by atoms with Crippen LogP contribution in [0.5, 0.6) is 0 Å². The highest BCUT2D eigenvalue weighted by Crippen LogP contribution is 2.24. The van der Waals surface area contributed by atoms with Gasteiger partial charge in [0.25, 0.3) is 0 Å². The van der Waals surface area contributed by atoms with Gasteiger partial charge in [-0.15, -0.1) is 0 Å². The van der Waals surface area contributed by atoms with Crippen LogP contribution in [0.2, 0.25) is 0 Å². The summed E-state index contributed by atoms with van der Waals surface area (Å²) >= 11 is 0. The standard InChI is InChI=1S/C14H25N3O/c1-14(2,3)17-10-11(8-16-17)7-15-9-12-5-4-6-13(12)18/h8,10,12-13,15,18H,4-7,9H2,1-3H3. The van der Waals surface area contributed by atoms with Crippen LogP contribution in [-0.4, -0.2) is 27.5 Å². The molecule has 4 heteroatoms. The maximum absolute atomic E-state index is 9.74. The Labute approximate surface area is 109 Å².